The summed E-state index contributed by atoms with van der Waals surface area (Å²) < 4.78 is 5.41. The monoisotopic (exact) mass is 334 g/mol. The van der Waals surface area contributed by atoms with Crippen molar-refractivity contribution in [2.24, 2.45) is 0 Å². The highest BCUT2D eigenvalue weighted by atomic mass is 16.6. The molecule has 0 saturated carbocycles. The minimum Gasteiger partial charge on any atom is -0.445 e. The molecule has 0 aliphatic carbocycles. The van der Waals surface area contributed by atoms with Crippen LogP contribution in [0.15, 0.2) is 54.7 Å². The summed E-state index contributed by atoms with van der Waals surface area (Å²) in [5.41, 5.74) is 3.72. The van der Waals surface area contributed by atoms with Crippen LogP contribution >= 0.6 is 0 Å². The van der Waals surface area contributed by atoms with Gasteiger partial charge in [-0.1, -0.05) is 36.4 Å². The molecular formula is C19H18N4O2. The predicted octanol–water partition coefficient (Wildman–Crippen LogP) is 3.17. The SMILES string of the molecule is O=C(OCc1ccccc1)N1CCc2nc(-c3ccccn3)[nH]c2C1. The zero-order valence-electron chi connectivity index (χ0n) is 13.7. The van der Waals surface area contributed by atoms with Gasteiger partial charge in [0.15, 0.2) is 5.82 Å². The second-order valence-corrected chi connectivity index (χ2v) is 5.94. The number of aromatic nitrogens is 3. The molecule has 6 nitrogen and oxygen atoms in total. The summed E-state index contributed by atoms with van der Waals surface area (Å²) in [6.07, 6.45) is 2.15. The number of nitrogens with one attached hydrogen (secondary N) is 1. The molecule has 1 aliphatic heterocycles. The maximum absolute atomic E-state index is 12.3. The van der Waals surface area contributed by atoms with Crippen LogP contribution in [0.2, 0.25) is 0 Å². The third kappa shape index (κ3) is 3.38. The number of carbonyl (C=O) groups is 1. The van der Waals surface area contributed by atoms with E-state index in [1.54, 1.807) is 11.1 Å². The quantitative estimate of drug-likeness (QED) is 0.798. The van der Waals surface area contributed by atoms with Gasteiger partial charge in [-0.05, 0) is 17.7 Å². The smallest absolute Gasteiger partial charge is 0.410 e. The molecule has 4 rings (SSSR count). The molecule has 25 heavy (non-hydrogen) atoms. The van der Waals surface area contributed by atoms with Crippen LogP contribution in [0.25, 0.3) is 11.5 Å². The van der Waals surface area contributed by atoms with Gasteiger partial charge in [0, 0.05) is 19.2 Å². The van der Waals surface area contributed by atoms with E-state index in [4.69, 9.17) is 4.74 Å². The van der Waals surface area contributed by atoms with E-state index < -0.39 is 0 Å². The molecule has 6 heteroatoms. The second-order valence-electron chi connectivity index (χ2n) is 5.94. The number of H-pyrrole nitrogens is 1. The van der Waals surface area contributed by atoms with Gasteiger partial charge in [0.05, 0.1) is 17.9 Å². The molecule has 1 aromatic carbocycles. The first-order valence-electron chi connectivity index (χ1n) is 8.24. The van der Waals surface area contributed by atoms with Gasteiger partial charge in [-0.2, -0.15) is 0 Å². The number of fused-ring (bicyclic) bond motifs is 1. The van der Waals surface area contributed by atoms with Crippen LogP contribution in [0.3, 0.4) is 0 Å². The van der Waals surface area contributed by atoms with Crippen LogP contribution in [-0.2, 0) is 24.3 Å². The summed E-state index contributed by atoms with van der Waals surface area (Å²) in [5, 5.41) is 0. The number of rotatable bonds is 3. The number of hydrogen-bond donors (Lipinski definition) is 1. The number of amides is 1. The standard InChI is InChI=1S/C19H18N4O2/c24-19(25-13-14-6-2-1-3-7-14)23-11-9-15-17(12-23)22-18(21-15)16-8-4-5-10-20-16/h1-8,10H,9,11-13H2,(H,21,22). The van der Waals surface area contributed by atoms with Gasteiger partial charge in [0.1, 0.15) is 12.3 Å². The lowest BCUT2D eigenvalue weighted by Gasteiger charge is -2.25. The molecule has 3 heterocycles. The molecule has 3 aromatic rings. The molecule has 0 radical (unpaired) electrons. The Kier molecular flexibility index (Phi) is 4.16. The van der Waals surface area contributed by atoms with E-state index >= 15 is 0 Å². The van der Waals surface area contributed by atoms with E-state index in [-0.39, 0.29) is 12.7 Å². The van der Waals surface area contributed by atoms with Crippen LogP contribution in [0.1, 0.15) is 17.0 Å². The predicted molar refractivity (Wildman–Crippen MR) is 92.6 cm³/mol. The Balaban J connectivity index is 1.42. The molecule has 1 amide bonds. The highest BCUT2D eigenvalue weighted by molar-refractivity contribution is 5.68. The van der Waals surface area contributed by atoms with E-state index in [1.165, 1.54) is 0 Å². The normalized spacial score (nSPS) is 13.4. The summed E-state index contributed by atoms with van der Waals surface area (Å²) in [7, 11) is 0. The zero-order chi connectivity index (χ0) is 17.1. The highest BCUT2D eigenvalue weighted by Gasteiger charge is 2.25. The number of pyridine rings is 1. The van der Waals surface area contributed by atoms with E-state index in [0.717, 1.165) is 28.5 Å². The average Bonchev–Trinajstić information content (AvgIpc) is 3.11. The third-order valence-corrected chi connectivity index (χ3v) is 4.20. The van der Waals surface area contributed by atoms with Crippen molar-refractivity contribution in [1.82, 2.24) is 19.9 Å². The van der Waals surface area contributed by atoms with Gasteiger partial charge in [0.2, 0.25) is 0 Å². The van der Waals surface area contributed by atoms with Crippen LogP contribution in [-0.4, -0.2) is 32.5 Å². The van der Waals surface area contributed by atoms with E-state index in [9.17, 15) is 4.79 Å². The first-order chi connectivity index (χ1) is 12.3. The maximum Gasteiger partial charge on any atom is 0.410 e. The van der Waals surface area contributed by atoms with Crippen molar-refractivity contribution in [2.75, 3.05) is 6.54 Å². The summed E-state index contributed by atoms with van der Waals surface area (Å²) in [6.45, 7) is 1.36. The summed E-state index contributed by atoms with van der Waals surface area (Å²) in [6, 6.07) is 15.4. The fraction of sp³-hybridized carbons (Fsp3) is 0.211. The van der Waals surface area contributed by atoms with Crippen molar-refractivity contribution in [3.8, 4) is 11.5 Å². The van der Waals surface area contributed by atoms with Crippen molar-refractivity contribution in [2.45, 2.75) is 19.6 Å². The molecule has 0 unspecified atom stereocenters. The summed E-state index contributed by atoms with van der Waals surface area (Å²) in [5.74, 6) is 0.741. The molecular weight excluding hydrogens is 316 g/mol. The number of ether oxygens (including phenoxy) is 1. The number of nitrogens with zero attached hydrogens (tertiary/aromatic N) is 3. The van der Waals surface area contributed by atoms with Gasteiger partial charge in [-0.3, -0.25) is 4.98 Å². The molecule has 0 saturated heterocycles. The maximum atomic E-state index is 12.3. The van der Waals surface area contributed by atoms with Crippen LogP contribution in [0.4, 0.5) is 4.79 Å². The molecule has 2 aromatic heterocycles. The zero-order valence-corrected chi connectivity index (χ0v) is 13.7. The summed E-state index contributed by atoms with van der Waals surface area (Å²) >= 11 is 0. The van der Waals surface area contributed by atoms with E-state index in [0.29, 0.717) is 19.5 Å². The van der Waals surface area contributed by atoms with Gasteiger partial charge < -0.3 is 14.6 Å². The molecule has 0 bridgehead atoms. The van der Waals surface area contributed by atoms with Crippen LogP contribution in [0, 0.1) is 0 Å². The first-order valence-corrected chi connectivity index (χ1v) is 8.24. The lowest BCUT2D eigenvalue weighted by atomic mass is 10.1. The number of aromatic amines is 1. The number of hydrogen-bond acceptors (Lipinski definition) is 4. The fourth-order valence-corrected chi connectivity index (χ4v) is 2.88. The van der Waals surface area contributed by atoms with Crippen molar-refractivity contribution < 1.29 is 9.53 Å². The first kappa shape index (κ1) is 15.4. The van der Waals surface area contributed by atoms with Crippen LogP contribution < -0.4 is 0 Å². The van der Waals surface area contributed by atoms with Crippen molar-refractivity contribution in [3.05, 3.63) is 71.7 Å². The Labute approximate surface area is 145 Å². The van der Waals surface area contributed by atoms with E-state index in [1.807, 2.05) is 48.5 Å². The Hall–Kier alpha value is -3.15. The second kappa shape index (κ2) is 6.76. The molecule has 1 aliphatic rings. The van der Waals surface area contributed by atoms with Crippen LogP contribution in [0.5, 0.6) is 0 Å². The van der Waals surface area contributed by atoms with Gasteiger partial charge in [-0.25, -0.2) is 9.78 Å². The topological polar surface area (TPSA) is 71.1 Å². The largest absolute Gasteiger partial charge is 0.445 e. The van der Waals surface area contributed by atoms with Crippen molar-refractivity contribution >= 4 is 6.09 Å². The molecule has 1 N–H and O–H groups in total. The fourth-order valence-electron chi connectivity index (χ4n) is 2.88. The molecule has 0 spiro atoms. The van der Waals surface area contributed by atoms with Crippen molar-refractivity contribution in [1.29, 1.82) is 0 Å². The minimum atomic E-state index is -0.302. The Morgan fingerprint density at radius 2 is 2.00 bits per heavy atom. The van der Waals surface area contributed by atoms with Gasteiger partial charge in [-0.15, -0.1) is 0 Å². The minimum absolute atomic E-state index is 0.283. The molecule has 0 atom stereocenters. The third-order valence-electron chi connectivity index (χ3n) is 4.20. The summed E-state index contributed by atoms with van der Waals surface area (Å²) in [4.78, 5) is 26.2. The van der Waals surface area contributed by atoms with Crippen molar-refractivity contribution in [3.63, 3.8) is 0 Å². The average molecular weight is 334 g/mol. The van der Waals surface area contributed by atoms with Gasteiger partial charge in [0.25, 0.3) is 0 Å². The van der Waals surface area contributed by atoms with Gasteiger partial charge >= 0.3 is 6.09 Å². The lowest BCUT2D eigenvalue weighted by Crippen LogP contribution is -2.36. The highest BCUT2D eigenvalue weighted by Crippen LogP contribution is 2.22. The number of benzene rings is 1. The molecule has 0 fully saturated rings. The lowest BCUT2D eigenvalue weighted by molar-refractivity contribution is 0.0913. The Bertz CT molecular complexity index is 862. The Morgan fingerprint density at radius 1 is 1.16 bits per heavy atom. The number of carbonyl (C=O) groups excluding carboxylic acids is 1. The number of imidazole rings is 1. The van der Waals surface area contributed by atoms with E-state index in [2.05, 4.69) is 15.0 Å². The Morgan fingerprint density at radius 3 is 2.80 bits per heavy atom. The molecule has 126 valence electrons.